The van der Waals surface area contributed by atoms with Crippen LogP contribution in [0.1, 0.15) is 104 Å². The van der Waals surface area contributed by atoms with Crippen molar-refractivity contribution in [1.29, 1.82) is 0 Å². The highest BCUT2D eigenvalue weighted by atomic mass is 16.3. The molecule has 4 aliphatic rings. The monoisotopic (exact) mass is 484 g/mol. The summed E-state index contributed by atoms with van der Waals surface area (Å²) in [6, 6.07) is 0. The lowest BCUT2D eigenvalue weighted by atomic mass is 9.61. The van der Waals surface area contributed by atoms with Crippen LogP contribution in [0.4, 0.5) is 0 Å². The number of fused-ring (bicyclic) bond motifs is 1. The molecule has 0 radical (unpaired) electrons. The van der Waals surface area contributed by atoms with Gasteiger partial charge in [-0.05, 0) is 93.8 Å². The van der Waals surface area contributed by atoms with Gasteiger partial charge in [0.1, 0.15) is 5.78 Å². The van der Waals surface area contributed by atoms with Crippen LogP contribution in [-0.4, -0.2) is 39.4 Å². The van der Waals surface area contributed by atoms with Crippen molar-refractivity contribution >= 4 is 5.78 Å². The molecule has 0 unspecified atom stereocenters. The highest BCUT2D eigenvalue weighted by Gasteiger charge is 2.54. The molecule has 0 spiro atoms. The van der Waals surface area contributed by atoms with Crippen molar-refractivity contribution < 1.29 is 20.1 Å². The SMILES string of the molecule is CCCCC(=O)C1([C@@H](O)/C=C/[C@@H](C)[C@H]2CC[C@H]3/C(=C/C=C4C[C@@H](O)C[C@H](O)C4)CCC[C@]23C)CC1. The molecule has 0 aliphatic heterocycles. The number of hydrogen-bond acceptors (Lipinski definition) is 4. The maximum absolute atomic E-state index is 12.7. The van der Waals surface area contributed by atoms with Crippen molar-refractivity contribution in [3.8, 4) is 0 Å². The van der Waals surface area contributed by atoms with Crippen molar-refractivity contribution in [3.05, 3.63) is 35.5 Å². The zero-order valence-electron chi connectivity index (χ0n) is 22.2. The number of aliphatic hydroxyl groups is 3. The van der Waals surface area contributed by atoms with Gasteiger partial charge in [0.25, 0.3) is 0 Å². The van der Waals surface area contributed by atoms with Gasteiger partial charge in [0.2, 0.25) is 0 Å². The minimum atomic E-state index is -0.644. The van der Waals surface area contributed by atoms with Gasteiger partial charge in [-0.1, -0.05) is 62.6 Å². The first-order valence-corrected chi connectivity index (χ1v) is 14.3. The number of unbranched alkanes of at least 4 members (excludes halogenated alkanes) is 1. The van der Waals surface area contributed by atoms with E-state index in [0.717, 1.165) is 32.1 Å². The lowest BCUT2D eigenvalue weighted by molar-refractivity contribution is -0.127. The Bertz CT molecular complexity index is 838. The summed E-state index contributed by atoms with van der Waals surface area (Å²) in [5, 5.41) is 31.0. The third-order valence-electron chi connectivity index (χ3n) is 10.0. The van der Waals surface area contributed by atoms with Crippen molar-refractivity contribution in [3.63, 3.8) is 0 Å². The molecular weight excluding hydrogens is 436 g/mol. The van der Waals surface area contributed by atoms with Crippen molar-refractivity contribution in [1.82, 2.24) is 0 Å². The van der Waals surface area contributed by atoms with E-state index >= 15 is 0 Å². The molecule has 4 aliphatic carbocycles. The van der Waals surface area contributed by atoms with Crippen molar-refractivity contribution in [2.75, 3.05) is 0 Å². The second-order valence-electron chi connectivity index (χ2n) is 12.5. The van der Waals surface area contributed by atoms with E-state index in [1.165, 1.54) is 36.8 Å². The first-order valence-electron chi connectivity index (χ1n) is 14.3. The molecule has 4 fully saturated rings. The molecule has 0 aromatic rings. The van der Waals surface area contributed by atoms with Gasteiger partial charge >= 0.3 is 0 Å². The number of carbonyl (C=O) groups is 1. The molecular formula is C31H48O4. The van der Waals surface area contributed by atoms with Crippen LogP contribution >= 0.6 is 0 Å². The van der Waals surface area contributed by atoms with Crippen LogP contribution in [0.5, 0.6) is 0 Å². The van der Waals surface area contributed by atoms with Crippen molar-refractivity contribution in [2.45, 2.75) is 123 Å². The van der Waals surface area contributed by atoms with E-state index in [-0.39, 0.29) is 11.2 Å². The Labute approximate surface area is 212 Å². The predicted octanol–water partition coefficient (Wildman–Crippen LogP) is 6.05. The average Bonchev–Trinajstić information content (AvgIpc) is 3.55. The van der Waals surface area contributed by atoms with E-state index < -0.39 is 23.7 Å². The Morgan fingerprint density at radius 2 is 1.80 bits per heavy atom. The highest BCUT2D eigenvalue weighted by molar-refractivity contribution is 5.88. The zero-order valence-corrected chi connectivity index (χ0v) is 22.2. The number of aliphatic hydroxyl groups excluding tert-OH is 3. The smallest absolute Gasteiger partial charge is 0.141 e. The Morgan fingerprint density at radius 3 is 2.46 bits per heavy atom. The molecule has 0 heterocycles. The number of ketones is 1. The number of carbonyl (C=O) groups excluding carboxylic acids is 1. The van der Waals surface area contributed by atoms with Crippen LogP contribution in [-0.2, 0) is 4.79 Å². The molecule has 3 N–H and O–H groups in total. The lowest BCUT2D eigenvalue weighted by Crippen LogP contribution is -2.35. The summed E-state index contributed by atoms with van der Waals surface area (Å²) in [4.78, 5) is 12.7. The number of rotatable bonds is 9. The van der Waals surface area contributed by atoms with E-state index in [9.17, 15) is 20.1 Å². The molecule has 196 valence electrons. The quantitative estimate of drug-likeness (QED) is 0.348. The lowest BCUT2D eigenvalue weighted by Gasteiger charge is -2.44. The molecule has 4 saturated carbocycles. The van der Waals surface area contributed by atoms with E-state index in [2.05, 4.69) is 39.0 Å². The van der Waals surface area contributed by atoms with Crippen LogP contribution in [0.3, 0.4) is 0 Å². The number of hydrogen-bond donors (Lipinski definition) is 3. The second-order valence-corrected chi connectivity index (χ2v) is 12.5. The Balaban J connectivity index is 1.41. The molecule has 7 atom stereocenters. The summed E-state index contributed by atoms with van der Waals surface area (Å²) in [6.45, 7) is 6.87. The summed E-state index contributed by atoms with van der Waals surface area (Å²) in [6.07, 6.45) is 19.2. The maximum Gasteiger partial charge on any atom is 0.141 e. The Hall–Kier alpha value is -1.23. The van der Waals surface area contributed by atoms with Crippen molar-refractivity contribution in [2.24, 2.45) is 28.6 Å². The maximum atomic E-state index is 12.7. The average molecular weight is 485 g/mol. The molecule has 4 heteroatoms. The van der Waals surface area contributed by atoms with Gasteiger partial charge in [-0.3, -0.25) is 4.79 Å². The van der Waals surface area contributed by atoms with Gasteiger partial charge < -0.3 is 15.3 Å². The normalized spacial score (nSPS) is 37.3. The topological polar surface area (TPSA) is 77.8 Å². The van der Waals surface area contributed by atoms with Gasteiger partial charge in [0, 0.05) is 6.42 Å². The van der Waals surface area contributed by atoms with Crippen LogP contribution in [0, 0.1) is 28.6 Å². The summed E-state index contributed by atoms with van der Waals surface area (Å²) in [5.74, 6) is 1.80. The first-order chi connectivity index (χ1) is 16.7. The summed E-state index contributed by atoms with van der Waals surface area (Å²) < 4.78 is 0. The Morgan fingerprint density at radius 1 is 1.09 bits per heavy atom. The van der Waals surface area contributed by atoms with Gasteiger partial charge in [0.15, 0.2) is 0 Å². The standard InChI is InChI=1S/C31H48O4/c1-4-5-8-28(34)31(16-17-31)29(35)14-9-21(2)26-12-13-27-23(7-6-15-30(26,27)3)11-10-22-18-24(32)20-25(33)19-22/h9-11,14,21,24-27,29,32-33,35H,4-8,12-13,15-20H2,1-3H3/b14-9+,23-11+/t21-,24-,25-,26-,27+,29+,30-/m1/s1. The fourth-order valence-electron chi connectivity index (χ4n) is 7.73. The fraction of sp³-hybridized carbons (Fsp3) is 0.774. The predicted molar refractivity (Wildman–Crippen MR) is 141 cm³/mol. The second kappa shape index (κ2) is 11.0. The van der Waals surface area contributed by atoms with Crippen LogP contribution in [0.25, 0.3) is 0 Å². The summed E-state index contributed by atoms with van der Waals surface area (Å²) in [5.41, 5.74) is 2.47. The minimum Gasteiger partial charge on any atom is -0.393 e. The zero-order chi connectivity index (χ0) is 25.2. The summed E-state index contributed by atoms with van der Waals surface area (Å²) in [7, 11) is 0. The third-order valence-corrected chi connectivity index (χ3v) is 10.0. The summed E-state index contributed by atoms with van der Waals surface area (Å²) >= 11 is 0. The molecule has 0 aromatic carbocycles. The van der Waals surface area contributed by atoms with Gasteiger partial charge in [-0.2, -0.15) is 0 Å². The van der Waals surface area contributed by atoms with Gasteiger partial charge in [0.05, 0.1) is 23.7 Å². The van der Waals surface area contributed by atoms with Crippen LogP contribution in [0.2, 0.25) is 0 Å². The number of Topliss-reactive ketones (excluding diaryl/α,β-unsaturated/α-hetero) is 1. The van der Waals surface area contributed by atoms with E-state index in [1.807, 2.05) is 6.08 Å². The first kappa shape index (κ1) is 26.8. The molecule has 0 bridgehead atoms. The molecule has 0 aromatic heterocycles. The molecule has 4 rings (SSSR count). The molecule has 0 saturated heterocycles. The van der Waals surface area contributed by atoms with E-state index in [4.69, 9.17) is 0 Å². The van der Waals surface area contributed by atoms with E-state index in [0.29, 0.717) is 43.4 Å². The molecule has 0 amide bonds. The van der Waals surface area contributed by atoms with Crippen LogP contribution < -0.4 is 0 Å². The van der Waals surface area contributed by atoms with E-state index in [1.54, 1.807) is 0 Å². The minimum absolute atomic E-state index is 0.256. The van der Waals surface area contributed by atoms with Gasteiger partial charge in [-0.15, -0.1) is 0 Å². The molecule has 35 heavy (non-hydrogen) atoms. The fourth-order valence-corrected chi connectivity index (χ4v) is 7.73. The Kier molecular flexibility index (Phi) is 8.45. The third kappa shape index (κ3) is 5.70. The highest BCUT2D eigenvalue weighted by Crippen LogP contribution is 2.59. The molecule has 4 nitrogen and oxygen atoms in total. The van der Waals surface area contributed by atoms with Crippen LogP contribution in [0.15, 0.2) is 35.5 Å². The number of allylic oxidation sites excluding steroid dienone is 4. The largest absolute Gasteiger partial charge is 0.393 e. The van der Waals surface area contributed by atoms with Gasteiger partial charge in [-0.25, -0.2) is 0 Å².